The van der Waals surface area contributed by atoms with E-state index >= 15 is 0 Å². The van der Waals surface area contributed by atoms with Crippen LogP contribution in [0.25, 0.3) is 20.9 Å². The van der Waals surface area contributed by atoms with Crippen LogP contribution in [0.2, 0.25) is 0 Å². The van der Waals surface area contributed by atoms with Crippen LogP contribution < -0.4 is 29.2 Å². The molecule has 0 aliphatic carbocycles. The number of amides is 1. The van der Waals surface area contributed by atoms with Gasteiger partial charge >= 0.3 is 17.9 Å². The number of phenolic OH excluding ortho intramolecular Hbond substituents is 3. The monoisotopic (exact) mass is 1400 g/mol. The van der Waals surface area contributed by atoms with E-state index in [9.17, 15) is 44.1 Å². The molecule has 2 aliphatic heterocycles. The number of carbonyl (C=O) groups excluding carboxylic acids is 4. The number of aromatic hydroxyl groups is 3. The van der Waals surface area contributed by atoms with Crippen molar-refractivity contribution in [1.82, 2.24) is 19.9 Å². The van der Waals surface area contributed by atoms with Crippen LogP contribution in [0.5, 0.6) is 17.2 Å². The lowest BCUT2D eigenvalue weighted by atomic mass is 10.0. The molecule has 10 rings (SSSR count). The predicted molar refractivity (Wildman–Crippen MR) is 351 cm³/mol. The quantitative estimate of drug-likeness (QED) is 0.0497. The van der Waals surface area contributed by atoms with Gasteiger partial charge in [-0.2, -0.15) is 10.5 Å². The number of rotatable bonds is 11. The summed E-state index contributed by atoms with van der Waals surface area (Å²) in [6, 6.07) is 31.4. The van der Waals surface area contributed by atoms with Gasteiger partial charge in [-0.3, -0.25) is 24.2 Å². The van der Waals surface area contributed by atoms with E-state index in [0.29, 0.717) is 66.4 Å². The van der Waals surface area contributed by atoms with Gasteiger partial charge in [-0.25, -0.2) is 19.6 Å². The number of methoxy groups -OCH3 is 1. The Kier molecular flexibility index (Phi) is 35.2. The lowest BCUT2D eigenvalue weighted by molar-refractivity contribution is -0.661. The predicted octanol–water partition coefficient (Wildman–Crippen LogP) is 6.43. The van der Waals surface area contributed by atoms with Crippen LogP contribution >= 0.6 is 49.9 Å². The zero-order chi connectivity index (χ0) is 67.9. The minimum Gasteiger partial charge on any atom is -1.00 e. The van der Waals surface area contributed by atoms with Crippen molar-refractivity contribution in [3.05, 3.63) is 186 Å². The summed E-state index contributed by atoms with van der Waals surface area (Å²) < 4.78 is 5.27. The number of quaternary nitrogens is 1. The van der Waals surface area contributed by atoms with E-state index in [1.54, 1.807) is 120 Å². The Morgan fingerprint density at radius 3 is 1.64 bits per heavy atom. The fourth-order valence-corrected chi connectivity index (χ4v) is 10.6. The highest BCUT2D eigenvalue weighted by atomic mass is 79.9. The summed E-state index contributed by atoms with van der Waals surface area (Å²) in [5, 5.41) is 75.6. The number of aromatic nitrogens is 3. The molecule has 5 aromatic carbocycles. The number of benzene rings is 5. The third-order valence-corrected chi connectivity index (χ3v) is 16.3. The van der Waals surface area contributed by atoms with Crippen molar-refractivity contribution in [1.29, 1.82) is 10.5 Å². The lowest BCUT2D eigenvalue weighted by Gasteiger charge is -2.27. The number of phenols is 3. The Morgan fingerprint density at radius 2 is 1.28 bits per heavy atom. The molecule has 12 N–H and O–H groups in total. The number of thiazole rings is 3. The van der Waals surface area contributed by atoms with Crippen molar-refractivity contribution >= 4 is 86.3 Å². The first-order valence-corrected chi connectivity index (χ1v) is 31.2. The van der Waals surface area contributed by atoms with Crippen LogP contribution in [0.4, 0.5) is 0 Å². The van der Waals surface area contributed by atoms with Crippen LogP contribution in [0.1, 0.15) is 105 Å². The molecule has 2 aliphatic rings. The summed E-state index contributed by atoms with van der Waals surface area (Å²) in [5.41, 5.74) is 24.7. The standard InChI is InChI=1S/C13H15NO3.C11H12N2OS.C11H8N2OS.C8H6O2.C7H4BrNO.C6H11NO3.C5H11NO2.C4H5NS.ClH/c1-8(2)11(13(16)17)14-7-9-5-3-4-6-10(9)12(14)15;2*1-7-11(15-6-13-7)8-2-3-9(5-12)10(14)4-8;9-5-7-3-1-2-4-8(7)6-10;8-6-2-1-5(4-9)7(10)3-6;1-10-6(9)5-2-4(8)3-7-5;1-3(2)4(6)5(7)8;1-4-2-6-3-5-4;/h3-6,8,11H,7H2,1-2H3,(H,16,17);2-4,6,14H,5,12H2,1H3;2-4,6,14H,1H3;1-6H;1-3,10H;4-5,7-8H,2-3H2,1H3;3-4H,6H2,1-2H3,(H,7,8);2-3H,1H3;1H/t11-;;;;;4-,5+;4-;;/m0....10../s1. The number of fused-ring (bicyclic) bond motifs is 1. The van der Waals surface area contributed by atoms with Gasteiger partial charge in [0.15, 0.2) is 18.6 Å². The number of carboxylic acid groups (broad SMARTS) is 2. The number of halogens is 2. The maximum absolute atomic E-state index is 12.1. The van der Waals surface area contributed by atoms with Crippen LogP contribution in [-0.4, -0.2) is 125 Å². The van der Waals surface area contributed by atoms with E-state index < -0.39 is 24.0 Å². The summed E-state index contributed by atoms with van der Waals surface area (Å²) in [6.45, 7) is 14.4. The normalized spacial score (nSPS) is 13.5. The number of aldehydes is 2. The van der Waals surface area contributed by atoms with Gasteiger partial charge in [-0.1, -0.05) is 104 Å². The van der Waals surface area contributed by atoms with Gasteiger partial charge in [0, 0.05) is 57.3 Å². The largest absolute Gasteiger partial charge is 1.00 e. The Bertz CT molecular complexity index is 3730. The number of esters is 1. The fourth-order valence-electron chi connectivity index (χ4n) is 8.12. The minimum absolute atomic E-state index is 0. The maximum atomic E-state index is 12.1. The van der Waals surface area contributed by atoms with Crippen molar-refractivity contribution < 1.29 is 81.9 Å². The van der Waals surface area contributed by atoms with Gasteiger partial charge in [0.05, 0.1) is 55.9 Å². The smallest absolute Gasteiger partial charge is 0.364 e. The number of aliphatic hydroxyl groups excluding tert-OH is 1. The molecule has 27 heteroatoms. The molecule has 22 nitrogen and oxygen atoms in total. The first-order chi connectivity index (χ1) is 43.3. The van der Waals surface area contributed by atoms with Gasteiger partial charge in [-0.15, -0.1) is 34.0 Å². The summed E-state index contributed by atoms with van der Waals surface area (Å²) in [4.78, 5) is 80.4. The van der Waals surface area contributed by atoms with Gasteiger partial charge in [0.1, 0.15) is 54.1 Å². The number of aliphatic hydroxyl groups is 1. The number of aliphatic carboxylic acids is 2. The van der Waals surface area contributed by atoms with Crippen molar-refractivity contribution in [3.63, 3.8) is 0 Å². The number of carbonyl (C=O) groups is 6. The SMILES string of the molecule is CC(C)[C@@H](C(=O)O)N1Cc2ccccc2C1=O.CC(C)[C@H](N)C(=O)O.COC(=O)[C@@H]1C[C@@H](O)C[NH2+]1.Cc1cscn1.Cc1ncsc1-c1ccc(C#N)c(O)c1.Cc1ncsc1-c1ccc(CN)c(O)c1.N#Cc1ccc(Br)cc1O.O=Cc1ccccc1C=O.[Cl-]. The van der Waals surface area contributed by atoms with Crippen LogP contribution in [0, 0.1) is 55.3 Å². The number of ether oxygens (including phenoxy) is 1. The number of carboxylic acids is 2. The van der Waals surface area contributed by atoms with Gasteiger partial charge in [-0.05, 0) is 91.8 Å². The Hall–Kier alpha value is -8.80. The highest BCUT2D eigenvalue weighted by Crippen LogP contribution is 2.33. The van der Waals surface area contributed by atoms with Crippen molar-refractivity contribution in [2.75, 3.05) is 13.7 Å². The van der Waals surface area contributed by atoms with Crippen LogP contribution in [-0.2, 0) is 32.2 Å². The number of nitrogens with zero attached hydrogens (tertiary/aromatic N) is 6. The van der Waals surface area contributed by atoms with Gasteiger partial charge in [0.25, 0.3) is 5.91 Å². The molecular weight excluding hydrogens is 1330 g/mol. The molecule has 3 aromatic heterocycles. The molecule has 1 amide bonds. The van der Waals surface area contributed by atoms with Crippen molar-refractivity contribution in [2.24, 2.45) is 23.3 Å². The number of hydrogen-bond acceptors (Lipinski definition) is 21. The highest BCUT2D eigenvalue weighted by Gasteiger charge is 2.38. The molecule has 1 saturated heterocycles. The third-order valence-electron chi connectivity index (χ3n) is 13.1. The third kappa shape index (κ3) is 25.1. The van der Waals surface area contributed by atoms with Crippen molar-refractivity contribution in [3.8, 4) is 50.3 Å². The second-order valence-corrected chi connectivity index (χ2v) is 23.8. The van der Waals surface area contributed by atoms with Crippen molar-refractivity contribution in [2.45, 2.75) is 92.2 Å². The molecule has 0 spiro atoms. The molecule has 0 radical (unpaired) electrons. The van der Waals surface area contributed by atoms with E-state index in [4.69, 9.17) is 37.3 Å². The Morgan fingerprint density at radius 1 is 0.761 bits per heavy atom. The van der Waals surface area contributed by atoms with Crippen LogP contribution in [0.15, 0.2) is 130 Å². The average molecular weight is 1400 g/mol. The summed E-state index contributed by atoms with van der Waals surface area (Å²) in [7, 11) is 1.36. The van der Waals surface area contributed by atoms with E-state index in [2.05, 4.69) is 35.6 Å². The van der Waals surface area contributed by atoms with Gasteiger partial charge < -0.3 is 69.5 Å². The number of nitrogens with two attached hydrogens (primary N) is 3. The molecule has 0 bridgehead atoms. The molecule has 8 aromatic rings. The number of aryl methyl sites for hydroxylation is 3. The first-order valence-electron chi connectivity index (χ1n) is 27.7. The Labute approximate surface area is 560 Å². The maximum Gasteiger partial charge on any atom is 0.364 e. The second-order valence-electron chi connectivity index (χ2n) is 20.4. The lowest BCUT2D eigenvalue weighted by Crippen LogP contribution is -3.00. The minimum atomic E-state index is -0.943. The van der Waals surface area contributed by atoms with Crippen LogP contribution in [0.3, 0.4) is 0 Å². The molecule has 488 valence electrons. The van der Waals surface area contributed by atoms with Gasteiger partial charge in [0.2, 0.25) is 0 Å². The second kappa shape index (κ2) is 40.8. The molecule has 1 fully saturated rings. The molecule has 4 atom stereocenters. The molecule has 92 heavy (non-hydrogen) atoms. The summed E-state index contributed by atoms with van der Waals surface area (Å²) in [5.74, 6) is -2.10. The van der Waals surface area contributed by atoms with E-state index in [-0.39, 0.29) is 65.5 Å². The summed E-state index contributed by atoms with van der Waals surface area (Å²) >= 11 is 7.88. The number of hydrogen-bond donors (Lipinski definition) is 9. The zero-order valence-corrected chi connectivity index (χ0v) is 56.3. The topological polar surface area (TPSA) is 391 Å². The fraction of sp³-hybridized carbons (Fsp3) is 0.277. The highest BCUT2D eigenvalue weighted by molar-refractivity contribution is 9.10. The zero-order valence-electron chi connectivity index (χ0n) is 51.5. The van der Waals surface area contributed by atoms with E-state index in [1.165, 1.54) is 29.4 Å². The average Bonchev–Trinajstić information content (AvgIpc) is 1.76. The number of nitriles is 2. The molecular formula is C65H73BrClN9O13S3. The Balaban J connectivity index is 0.000000364. The van der Waals surface area contributed by atoms with E-state index in [1.807, 2.05) is 88.0 Å². The molecule has 5 heterocycles. The first kappa shape index (κ1) is 79.3. The molecule has 0 unspecified atom stereocenters. The molecule has 0 saturated carbocycles. The summed E-state index contributed by atoms with van der Waals surface area (Å²) in [6.07, 6.45) is 1.52. The van der Waals surface area contributed by atoms with E-state index in [0.717, 1.165) is 53.6 Å².